The molecule has 0 aromatic heterocycles. The van der Waals surface area contributed by atoms with Gasteiger partial charge in [0.05, 0.1) is 18.3 Å². The lowest BCUT2D eigenvalue weighted by Crippen LogP contribution is -2.21. The second-order valence-corrected chi connectivity index (χ2v) is 5.91. The first-order valence-corrected chi connectivity index (χ1v) is 7.48. The maximum absolute atomic E-state index is 11.6. The number of aliphatic hydroxyl groups is 2. The van der Waals surface area contributed by atoms with E-state index in [9.17, 15) is 15.0 Å². The first-order valence-electron chi connectivity index (χ1n) is 7.48. The van der Waals surface area contributed by atoms with E-state index in [1.54, 1.807) is 0 Å². The SMILES string of the molecule is C[C@H]1CCC/C=C/[C@H]2C[C@H](O)C[C@@H]2[C@H](O)/C=C/C(=O)O1. The Hall–Kier alpha value is -1.13. The van der Waals surface area contributed by atoms with Gasteiger partial charge in [0.2, 0.25) is 0 Å². The first kappa shape index (κ1) is 15.3. The Bertz CT molecular complexity index is 388. The number of hydrogen-bond acceptors (Lipinski definition) is 4. The van der Waals surface area contributed by atoms with Crippen molar-refractivity contribution >= 4 is 5.97 Å². The number of esters is 1. The van der Waals surface area contributed by atoms with Crippen molar-refractivity contribution in [2.75, 3.05) is 0 Å². The lowest BCUT2D eigenvalue weighted by Gasteiger charge is -2.19. The summed E-state index contributed by atoms with van der Waals surface area (Å²) in [6, 6.07) is 0. The molecule has 2 N–H and O–H groups in total. The summed E-state index contributed by atoms with van der Waals surface area (Å²) in [6.45, 7) is 1.89. The van der Waals surface area contributed by atoms with Crippen molar-refractivity contribution in [3.63, 3.8) is 0 Å². The molecule has 0 saturated heterocycles. The molecule has 0 aromatic carbocycles. The van der Waals surface area contributed by atoms with E-state index < -0.39 is 12.1 Å². The third-order valence-corrected chi connectivity index (χ3v) is 4.19. The third kappa shape index (κ3) is 4.18. The summed E-state index contributed by atoms with van der Waals surface area (Å²) < 4.78 is 5.23. The van der Waals surface area contributed by atoms with Crippen LogP contribution in [0.2, 0.25) is 0 Å². The molecule has 20 heavy (non-hydrogen) atoms. The Morgan fingerprint density at radius 3 is 2.85 bits per heavy atom. The normalized spacial score (nSPS) is 42.5. The van der Waals surface area contributed by atoms with Gasteiger partial charge in [-0.1, -0.05) is 12.2 Å². The number of hydrogen-bond donors (Lipinski definition) is 2. The van der Waals surface area contributed by atoms with Crippen molar-refractivity contribution < 1.29 is 19.7 Å². The standard InChI is InChI=1S/C16H24O4/c1-11-5-3-2-4-6-12-9-13(17)10-14(12)15(18)7-8-16(19)20-11/h4,6-8,11-15,17-18H,2-3,5,9-10H2,1H3/b6-4+,8-7+/t11-,12-,13-,14-,15+/m0/s1. The summed E-state index contributed by atoms with van der Waals surface area (Å²) in [5, 5.41) is 20.0. The van der Waals surface area contributed by atoms with Crippen molar-refractivity contribution in [2.45, 2.75) is 57.3 Å². The highest BCUT2D eigenvalue weighted by atomic mass is 16.5. The Morgan fingerprint density at radius 2 is 2.05 bits per heavy atom. The minimum Gasteiger partial charge on any atom is -0.460 e. The van der Waals surface area contributed by atoms with Gasteiger partial charge in [-0.15, -0.1) is 0 Å². The van der Waals surface area contributed by atoms with Gasteiger partial charge >= 0.3 is 5.97 Å². The van der Waals surface area contributed by atoms with Crippen molar-refractivity contribution in [1.82, 2.24) is 0 Å². The zero-order valence-electron chi connectivity index (χ0n) is 11.9. The topological polar surface area (TPSA) is 66.8 Å². The molecule has 112 valence electrons. The molecule has 1 aliphatic heterocycles. The first-order chi connectivity index (χ1) is 9.56. The van der Waals surface area contributed by atoms with Crippen LogP contribution in [0.4, 0.5) is 0 Å². The number of ether oxygens (including phenoxy) is 1. The van der Waals surface area contributed by atoms with Crippen LogP contribution in [0.3, 0.4) is 0 Å². The molecule has 4 heteroatoms. The molecule has 0 spiro atoms. The Balaban J connectivity index is 2.11. The van der Waals surface area contributed by atoms with Crippen molar-refractivity contribution in [2.24, 2.45) is 11.8 Å². The van der Waals surface area contributed by atoms with E-state index in [4.69, 9.17) is 4.74 Å². The second kappa shape index (κ2) is 7.04. The second-order valence-electron chi connectivity index (χ2n) is 5.91. The van der Waals surface area contributed by atoms with Crippen LogP contribution in [-0.4, -0.2) is 34.5 Å². The maximum atomic E-state index is 11.6. The predicted molar refractivity (Wildman–Crippen MR) is 75.9 cm³/mol. The zero-order chi connectivity index (χ0) is 14.5. The van der Waals surface area contributed by atoms with Gasteiger partial charge in [-0.3, -0.25) is 0 Å². The fraction of sp³-hybridized carbons (Fsp3) is 0.688. The lowest BCUT2D eigenvalue weighted by atomic mass is 9.90. The minimum atomic E-state index is -0.717. The zero-order valence-corrected chi connectivity index (χ0v) is 11.9. The van der Waals surface area contributed by atoms with E-state index in [1.807, 2.05) is 6.92 Å². The van der Waals surface area contributed by atoms with E-state index in [0.717, 1.165) is 19.3 Å². The molecule has 0 bridgehead atoms. The monoisotopic (exact) mass is 280 g/mol. The molecule has 1 aliphatic carbocycles. The van der Waals surface area contributed by atoms with Gasteiger partial charge in [0.25, 0.3) is 0 Å². The number of aliphatic hydroxyl groups excluding tert-OH is 2. The number of allylic oxidation sites excluding steroid dienone is 2. The molecule has 0 unspecified atom stereocenters. The maximum Gasteiger partial charge on any atom is 0.330 e. The molecule has 4 nitrogen and oxygen atoms in total. The molecule has 0 aromatic rings. The van der Waals surface area contributed by atoms with Crippen molar-refractivity contribution in [1.29, 1.82) is 0 Å². The van der Waals surface area contributed by atoms with Crippen LogP contribution in [0.15, 0.2) is 24.3 Å². The molecule has 2 rings (SSSR count). The average Bonchev–Trinajstić information content (AvgIpc) is 2.76. The van der Waals surface area contributed by atoms with Crippen LogP contribution in [-0.2, 0) is 9.53 Å². The molecule has 1 fully saturated rings. The van der Waals surface area contributed by atoms with Crippen LogP contribution >= 0.6 is 0 Å². The van der Waals surface area contributed by atoms with E-state index in [2.05, 4.69) is 12.2 Å². The van der Waals surface area contributed by atoms with Gasteiger partial charge in [0.15, 0.2) is 0 Å². The van der Waals surface area contributed by atoms with E-state index in [-0.39, 0.29) is 24.0 Å². The highest BCUT2D eigenvalue weighted by Gasteiger charge is 2.35. The summed E-state index contributed by atoms with van der Waals surface area (Å²) in [4.78, 5) is 11.6. The van der Waals surface area contributed by atoms with Crippen LogP contribution < -0.4 is 0 Å². The van der Waals surface area contributed by atoms with E-state index in [1.165, 1.54) is 12.2 Å². The Morgan fingerprint density at radius 1 is 1.25 bits per heavy atom. The highest BCUT2D eigenvalue weighted by Crippen LogP contribution is 2.36. The lowest BCUT2D eigenvalue weighted by molar-refractivity contribution is -0.142. The van der Waals surface area contributed by atoms with Gasteiger partial charge in [-0.05, 0) is 56.9 Å². The highest BCUT2D eigenvalue weighted by molar-refractivity contribution is 5.82. The number of cyclic esters (lactones) is 1. The molecule has 5 atom stereocenters. The number of fused-ring (bicyclic) bond motifs is 1. The Kier molecular flexibility index (Phi) is 5.38. The van der Waals surface area contributed by atoms with Crippen molar-refractivity contribution in [3.8, 4) is 0 Å². The third-order valence-electron chi connectivity index (χ3n) is 4.19. The molecular formula is C16H24O4. The summed E-state index contributed by atoms with van der Waals surface area (Å²) >= 11 is 0. The number of carbonyl (C=O) groups is 1. The smallest absolute Gasteiger partial charge is 0.330 e. The fourth-order valence-electron chi connectivity index (χ4n) is 3.10. The summed E-state index contributed by atoms with van der Waals surface area (Å²) in [6.07, 6.45) is 9.87. The van der Waals surface area contributed by atoms with Gasteiger partial charge in [-0.2, -0.15) is 0 Å². The van der Waals surface area contributed by atoms with E-state index in [0.29, 0.717) is 12.8 Å². The van der Waals surface area contributed by atoms with E-state index >= 15 is 0 Å². The van der Waals surface area contributed by atoms with Crippen LogP contribution in [0.1, 0.15) is 39.0 Å². The van der Waals surface area contributed by atoms with Gasteiger partial charge in [-0.25, -0.2) is 4.79 Å². The minimum absolute atomic E-state index is 0.0246. The molecule has 0 amide bonds. The molecular weight excluding hydrogens is 256 g/mol. The van der Waals surface area contributed by atoms with Crippen LogP contribution in [0.5, 0.6) is 0 Å². The van der Waals surface area contributed by atoms with Gasteiger partial charge < -0.3 is 14.9 Å². The quantitative estimate of drug-likeness (QED) is 0.526. The van der Waals surface area contributed by atoms with Crippen molar-refractivity contribution in [3.05, 3.63) is 24.3 Å². The number of carbonyl (C=O) groups excluding carboxylic acids is 1. The summed E-state index contributed by atoms with van der Waals surface area (Å²) in [5.41, 5.74) is 0. The molecule has 0 radical (unpaired) electrons. The largest absolute Gasteiger partial charge is 0.460 e. The average molecular weight is 280 g/mol. The number of rotatable bonds is 0. The summed E-state index contributed by atoms with van der Waals surface area (Å²) in [5.74, 6) is -0.249. The predicted octanol–water partition coefficient (Wildman–Crippen LogP) is 1.96. The molecule has 2 aliphatic rings. The molecule has 1 heterocycles. The van der Waals surface area contributed by atoms with Gasteiger partial charge in [0.1, 0.15) is 0 Å². The Labute approximate surface area is 120 Å². The van der Waals surface area contributed by atoms with Crippen LogP contribution in [0.25, 0.3) is 0 Å². The fourth-order valence-corrected chi connectivity index (χ4v) is 3.10. The van der Waals surface area contributed by atoms with Crippen LogP contribution in [0, 0.1) is 11.8 Å². The molecule has 1 saturated carbocycles. The summed E-state index contributed by atoms with van der Waals surface area (Å²) in [7, 11) is 0. The van der Waals surface area contributed by atoms with Gasteiger partial charge in [0, 0.05) is 6.08 Å².